The van der Waals surface area contributed by atoms with E-state index in [4.69, 9.17) is 0 Å². The van der Waals surface area contributed by atoms with Crippen molar-refractivity contribution in [2.75, 3.05) is 18.9 Å². The molecule has 0 spiro atoms. The summed E-state index contributed by atoms with van der Waals surface area (Å²) in [5, 5.41) is 3.50. The summed E-state index contributed by atoms with van der Waals surface area (Å²) in [5.74, 6) is 0. The van der Waals surface area contributed by atoms with Crippen molar-refractivity contribution in [2.45, 2.75) is 65.0 Å². The molecule has 0 unspecified atom stereocenters. The zero-order valence-corrected chi connectivity index (χ0v) is 13.9. The number of nitrogens with zero attached hydrogens (tertiary/aromatic N) is 1. The summed E-state index contributed by atoms with van der Waals surface area (Å²) >= 11 is 0. The van der Waals surface area contributed by atoms with E-state index in [9.17, 15) is 0 Å². The van der Waals surface area contributed by atoms with Crippen LogP contribution in [0.2, 0.25) is 0 Å². The highest BCUT2D eigenvalue weighted by Crippen LogP contribution is 2.37. The SMILES string of the molecule is CN(Cc1ccc2c(c1)CCCN2)C1CCC(C)(C)CC1. The zero-order valence-electron chi connectivity index (χ0n) is 13.9. The lowest BCUT2D eigenvalue weighted by atomic mass is 9.75. The van der Waals surface area contributed by atoms with Crippen molar-refractivity contribution >= 4 is 5.69 Å². The van der Waals surface area contributed by atoms with Gasteiger partial charge in [-0.05, 0) is 68.2 Å². The third-order valence-electron chi connectivity index (χ3n) is 5.47. The molecule has 0 aromatic heterocycles. The van der Waals surface area contributed by atoms with Gasteiger partial charge in [-0.15, -0.1) is 0 Å². The van der Waals surface area contributed by atoms with Crippen molar-refractivity contribution in [2.24, 2.45) is 5.41 Å². The highest BCUT2D eigenvalue weighted by Gasteiger charge is 2.28. The van der Waals surface area contributed by atoms with Crippen molar-refractivity contribution in [1.82, 2.24) is 4.90 Å². The van der Waals surface area contributed by atoms with E-state index in [0.717, 1.165) is 19.1 Å². The van der Waals surface area contributed by atoms with E-state index in [1.807, 2.05) is 0 Å². The van der Waals surface area contributed by atoms with Crippen LogP contribution in [0.1, 0.15) is 57.1 Å². The first-order valence-electron chi connectivity index (χ1n) is 8.59. The highest BCUT2D eigenvalue weighted by molar-refractivity contribution is 5.54. The van der Waals surface area contributed by atoms with Gasteiger partial charge in [0.25, 0.3) is 0 Å². The maximum absolute atomic E-state index is 3.50. The van der Waals surface area contributed by atoms with E-state index >= 15 is 0 Å². The molecule has 3 rings (SSSR count). The molecule has 21 heavy (non-hydrogen) atoms. The number of benzene rings is 1. The van der Waals surface area contributed by atoms with Gasteiger partial charge in [0.05, 0.1) is 0 Å². The summed E-state index contributed by atoms with van der Waals surface area (Å²) in [7, 11) is 2.31. The second-order valence-electron chi connectivity index (χ2n) is 7.83. The Morgan fingerprint density at radius 2 is 2.00 bits per heavy atom. The standard InChI is InChI=1S/C19H30N2/c1-19(2)10-8-17(9-11-19)21(3)14-15-6-7-18-16(13-15)5-4-12-20-18/h6-7,13,17,20H,4-5,8-12,14H2,1-3H3. The first-order valence-corrected chi connectivity index (χ1v) is 8.59. The van der Waals surface area contributed by atoms with Crippen LogP contribution in [0.4, 0.5) is 5.69 Å². The van der Waals surface area contributed by atoms with Crippen LogP contribution in [0.5, 0.6) is 0 Å². The van der Waals surface area contributed by atoms with Crippen LogP contribution in [0.3, 0.4) is 0 Å². The predicted molar refractivity (Wildman–Crippen MR) is 90.8 cm³/mol. The first kappa shape index (κ1) is 14.9. The van der Waals surface area contributed by atoms with Crippen LogP contribution >= 0.6 is 0 Å². The molecule has 0 bridgehead atoms. The number of fused-ring (bicyclic) bond motifs is 1. The molecule has 0 amide bonds. The van der Waals surface area contributed by atoms with Gasteiger partial charge in [-0.2, -0.15) is 0 Å². The van der Waals surface area contributed by atoms with Gasteiger partial charge in [0.1, 0.15) is 0 Å². The number of nitrogens with one attached hydrogen (secondary N) is 1. The normalized spacial score (nSPS) is 21.9. The second-order valence-corrected chi connectivity index (χ2v) is 7.83. The van der Waals surface area contributed by atoms with Crippen molar-refractivity contribution in [3.63, 3.8) is 0 Å². The van der Waals surface area contributed by atoms with Gasteiger partial charge in [-0.3, -0.25) is 4.90 Å². The van der Waals surface area contributed by atoms with Gasteiger partial charge in [-0.25, -0.2) is 0 Å². The van der Waals surface area contributed by atoms with E-state index in [2.05, 4.69) is 49.3 Å². The fourth-order valence-electron chi connectivity index (χ4n) is 3.87. The summed E-state index contributed by atoms with van der Waals surface area (Å²) in [6.07, 6.45) is 7.96. The minimum atomic E-state index is 0.564. The molecule has 1 saturated carbocycles. The fraction of sp³-hybridized carbons (Fsp3) is 0.684. The number of hydrogen-bond acceptors (Lipinski definition) is 2. The highest BCUT2D eigenvalue weighted by atomic mass is 15.1. The molecule has 1 aliphatic heterocycles. The van der Waals surface area contributed by atoms with Gasteiger partial charge >= 0.3 is 0 Å². The maximum atomic E-state index is 3.50. The topological polar surface area (TPSA) is 15.3 Å². The van der Waals surface area contributed by atoms with E-state index < -0.39 is 0 Å². The van der Waals surface area contributed by atoms with Gasteiger partial charge < -0.3 is 5.32 Å². The van der Waals surface area contributed by atoms with Crippen LogP contribution in [-0.2, 0) is 13.0 Å². The molecule has 1 aromatic carbocycles. The minimum absolute atomic E-state index is 0.564. The second kappa shape index (κ2) is 6.00. The largest absolute Gasteiger partial charge is 0.385 e. The quantitative estimate of drug-likeness (QED) is 0.883. The molecule has 0 atom stereocenters. The molecule has 1 aliphatic carbocycles. The third-order valence-corrected chi connectivity index (χ3v) is 5.47. The van der Waals surface area contributed by atoms with Gasteiger partial charge in [-0.1, -0.05) is 26.0 Å². The molecule has 1 N–H and O–H groups in total. The number of hydrogen-bond donors (Lipinski definition) is 1. The fourth-order valence-corrected chi connectivity index (χ4v) is 3.87. The van der Waals surface area contributed by atoms with E-state index in [-0.39, 0.29) is 0 Å². The van der Waals surface area contributed by atoms with E-state index in [1.54, 1.807) is 0 Å². The molecule has 2 aliphatic rings. The molecule has 1 fully saturated rings. The molecule has 1 heterocycles. The number of aryl methyl sites for hydroxylation is 1. The van der Waals surface area contributed by atoms with Crippen LogP contribution in [-0.4, -0.2) is 24.5 Å². The van der Waals surface area contributed by atoms with Crippen LogP contribution in [0.15, 0.2) is 18.2 Å². The van der Waals surface area contributed by atoms with E-state index in [0.29, 0.717) is 5.41 Å². The Labute approximate surface area is 129 Å². The lowest BCUT2D eigenvalue weighted by Gasteiger charge is -2.38. The van der Waals surface area contributed by atoms with Crippen LogP contribution in [0, 0.1) is 5.41 Å². The van der Waals surface area contributed by atoms with Crippen LogP contribution in [0.25, 0.3) is 0 Å². The van der Waals surface area contributed by atoms with Crippen molar-refractivity contribution < 1.29 is 0 Å². The third kappa shape index (κ3) is 3.60. The van der Waals surface area contributed by atoms with Crippen molar-refractivity contribution in [3.8, 4) is 0 Å². The lowest BCUT2D eigenvalue weighted by molar-refractivity contribution is 0.123. The van der Waals surface area contributed by atoms with Crippen molar-refractivity contribution in [3.05, 3.63) is 29.3 Å². The van der Waals surface area contributed by atoms with Crippen molar-refractivity contribution in [1.29, 1.82) is 0 Å². The summed E-state index contributed by atoms with van der Waals surface area (Å²) in [4.78, 5) is 2.58. The average molecular weight is 286 g/mol. The molecule has 0 radical (unpaired) electrons. The molecule has 2 nitrogen and oxygen atoms in total. The Kier molecular flexibility index (Phi) is 4.26. The maximum Gasteiger partial charge on any atom is 0.0372 e. The Hall–Kier alpha value is -1.02. The number of rotatable bonds is 3. The zero-order chi connectivity index (χ0) is 14.9. The average Bonchev–Trinajstić information content (AvgIpc) is 2.47. The first-order chi connectivity index (χ1) is 10.0. The van der Waals surface area contributed by atoms with Gasteiger partial charge in [0, 0.05) is 24.8 Å². The van der Waals surface area contributed by atoms with Gasteiger partial charge in [0.2, 0.25) is 0 Å². The molecule has 1 aromatic rings. The smallest absolute Gasteiger partial charge is 0.0372 e. The van der Waals surface area contributed by atoms with Crippen LogP contribution < -0.4 is 5.32 Å². The Bertz CT molecular complexity index is 482. The van der Waals surface area contributed by atoms with E-state index in [1.165, 1.54) is 55.3 Å². The Morgan fingerprint density at radius 3 is 2.76 bits per heavy atom. The molecular weight excluding hydrogens is 256 g/mol. The molecule has 0 saturated heterocycles. The van der Waals surface area contributed by atoms with Gasteiger partial charge in [0.15, 0.2) is 0 Å². The number of anilines is 1. The Morgan fingerprint density at radius 1 is 1.24 bits per heavy atom. The Balaban J connectivity index is 1.61. The lowest BCUT2D eigenvalue weighted by Crippen LogP contribution is -2.36. The molecule has 116 valence electrons. The molecular formula is C19H30N2. The summed E-state index contributed by atoms with van der Waals surface area (Å²) < 4.78 is 0. The summed E-state index contributed by atoms with van der Waals surface area (Å²) in [6, 6.07) is 7.78. The molecule has 2 heteroatoms. The monoisotopic (exact) mass is 286 g/mol. The predicted octanol–water partition coefficient (Wildman–Crippen LogP) is 4.45. The minimum Gasteiger partial charge on any atom is -0.385 e. The summed E-state index contributed by atoms with van der Waals surface area (Å²) in [6.45, 7) is 7.06. The summed E-state index contributed by atoms with van der Waals surface area (Å²) in [5.41, 5.74) is 4.91.